The van der Waals surface area contributed by atoms with Crippen LogP contribution in [0.5, 0.6) is 0 Å². The van der Waals surface area contributed by atoms with Crippen molar-refractivity contribution in [3.05, 3.63) is 63.1 Å². The summed E-state index contributed by atoms with van der Waals surface area (Å²) in [5, 5.41) is 14.8. The predicted octanol–water partition coefficient (Wildman–Crippen LogP) is 3.68. The molecule has 2 N–H and O–H groups in total. The SMILES string of the molecule is CC(=O)N1CCN(C(=O)c2c(Cl)cc(NC3CN(C4CCN(C(=O)[C@@](C)(O)c5cc(F)cc(F)c5)CC4)C3)cc2Cl)CC1.S. The Morgan fingerprint density at radius 3 is 1.91 bits per heavy atom. The zero-order valence-corrected chi connectivity index (χ0v) is 27.1. The van der Waals surface area contributed by atoms with Crippen LogP contribution in [0.2, 0.25) is 10.0 Å². The topological polar surface area (TPSA) is 96.4 Å². The lowest BCUT2D eigenvalue weighted by molar-refractivity contribution is -0.152. The largest absolute Gasteiger partial charge is 0.380 e. The molecule has 0 saturated carbocycles. The Labute approximate surface area is 272 Å². The van der Waals surface area contributed by atoms with Gasteiger partial charge < -0.3 is 25.1 Å². The zero-order valence-electron chi connectivity index (χ0n) is 24.6. The van der Waals surface area contributed by atoms with E-state index in [2.05, 4.69) is 10.2 Å². The molecule has 3 saturated heterocycles. The highest BCUT2D eigenvalue weighted by molar-refractivity contribution is 7.59. The van der Waals surface area contributed by atoms with Gasteiger partial charge in [0.25, 0.3) is 11.8 Å². The van der Waals surface area contributed by atoms with Crippen molar-refractivity contribution in [1.29, 1.82) is 0 Å². The molecule has 2 aromatic rings. The lowest BCUT2D eigenvalue weighted by Gasteiger charge is -2.48. The Kier molecular flexibility index (Phi) is 10.7. The number of aliphatic hydroxyl groups is 1. The highest BCUT2D eigenvalue weighted by atomic mass is 35.5. The van der Waals surface area contributed by atoms with Crippen LogP contribution in [0.25, 0.3) is 0 Å². The van der Waals surface area contributed by atoms with Crippen molar-refractivity contribution in [3.8, 4) is 0 Å². The van der Waals surface area contributed by atoms with Gasteiger partial charge in [0.1, 0.15) is 11.6 Å². The summed E-state index contributed by atoms with van der Waals surface area (Å²) < 4.78 is 27.4. The molecule has 44 heavy (non-hydrogen) atoms. The molecule has 3 amide bonds. The van der Waals surface area contributed by atoms with Crippen LogP contribution in [0.15, 0.2) is 30.3 Å². The number of carbonyl (C=O) groups is 3. The number of benzene rings is 2. The number of piperidine rings is 1. The minimum Gasteiger partial charge on any atom is -0.380 e. The molecule has 3 heterocycles. The molecule has 1 atom stereocenters. The Morgan fingerprint density at radius 2 is 1.39 bits per heavy atom. The third-order valence-electron chi connectivity index (χ3n) is 8.66. The van der Waals surface area contributed by atoms with Crippen molar-refractivity contribution in [2.24, 2.45) is 0 Å². The van der Waals surface area contributed by atoms with Crippen molar-refractivity contribution in [2.45, 2.75) is 44.4 Å². The van der Waals surface area contributed by atoms with Crippen LogP contribution in [0, 0.1) is 11.6 Å². The number of carbonyl (C=O) groups excluding carboxylic acids is 3. The van der Waals surface area contributed by atoms with Gasteiger partial charge in [0, 0.05) is 77.1 Å². The van der Waals surface area contributed by atoms with E-state index in [-0.39, 0.29) is 58.6 Å². The first-order valence-corrected chi connectivity index (χ1v) is 15.1. The van der Waals surface area contributed by atoms with Crippen LogP contribution >= 0.6 is 36.7 Å². The number of piperazine rings is 1. The van der Waals surface area contributed by atoms with E-state index >= 15 is 0 Å². The third-order valence-corrected chi connectivity index (χ3v) is 9.25. The smallest absolute Gasteiger partial charge is 0.258 e. The van der Waals surface area contributed by atoms with Crippen LogP contribution in [0.4, 0.5) is 14.5 Å². The average molecular weight is 673 g/mol. The summed E-state index contributed by atoms with van der Waals surface area (Å²) in [5.41, 5.74) is -1.18. The fourth-order valence-electron chi connectivity index (χ4n) is 6.08. The van der Waals surface area contributed by atoms with Crippen LogP contribution in [-0.4, -0.2) is 107 Å². The summed E-state index contributed by atoms with van der Waals surface area (Å²) in [6, 6.07) is 6.47. The summed E-state index contributed by atoms with van der Waals surface area (Å²) >= 11 is 13.0. The number of hydrogen-bond donors (Lipinski definition) is 2. The standard InChI is InChI=1S/C30H35Cl2F2N5O4.H2S/c1-18(40)36-7-9-37(10-8-36)28(41)27-25(31)14-22(15-26(27)32)35-23-16-39(17-23)24-3-5-38(6-4-24)29(42)30(2,43)19-11-20(33)13-21(34)12-19;/h11-15,23-24,35,43H,3-10,16-17H2,1-2H3;1H2/t30-;/m0./s1. The van der Waals surface area contributed by atoms with Crippen molar-refractivity contribution in [2.75, 3.05) is 57.7 Å². The lowest BCUT2D eigenvalue weighted by atomic mass is 9.91. The summed E-state index contributed by atoms with van der Waals surface area (Å²) in [6.45, 7) is 6.96. The minimum absolute atomic E-state index is 0. The van der Waals surface area contributed by atoms with E-state index in [1.165, 1.54) is 13.8 Å². The normalized spacial score (nSPS) is 19.6. The van der Waals surface area contributed by atoms with Gasteiger partial charge in [0.15, 0.2) is 5.60 Å². The Balaban J connectivity index is 0.00000442. The molecule has 3 aliphatic heterocycles. The molecule has 9 nitrogen and oxygen atoms in total. The van der Waals surface area contributed by atoms with E-state index in [0.717, 1.165) is 25.2 Å². The van der Waals surface area contributed by atoms with Gasteiger partial charge >= 0.3 is 0 Å². The molecule has 2 aromatic carbocycles. The number of halogens is 4. The van der Waals surface area contributed by atoms with Gasteiger partial charge in [0.2, 0.25) is 5.91 Å². The number of nitrogens with zero attached hydrogens (tertiary/aromatic N) is 4. The first-order valence-electron chi connectivity index (χ1n) is 14.4. The van der Waals surface area contributed by atoms with Crippen LogP contribution in [0.1, 0.15) is 42.6 Å². The molecule has 3 aliphatic rings. The zero-order chi connectivity index (χ0) is 31.1. The number of hydrogen-bond acceptors (Lipinski definition) is 6. The van der Waals surface area contributed by atoms with Crippen molar-refractivity contribution in [3.63, 3.8) is 0 Å². The number of nitrogens with one attached hydrogen (secondary N) is 1. The Bertz CT molecular complexity index is 1370. The second kappa shape index (κ2) is 13.8. The molecule has 0 aliphatic carbocycles. The highest BCUT2D eigenvalue weighted by Gasteiger charge is 2.40. The molecule has 0 radical (unpaired) electrons. The van der Waals surface area contributed by atoms with Gasteiger partial charge in [0.05, 0.1) is 21.7 Å². The molecule has 0 aromatic heterocycles. The second-order valence-electron chi connectivity index (χ2n) is 11.7. The van der Waals surface area contributed by atoms with Gasteiger partial charge in [-0.25, -0.2) is 8.78 Å². The average Bonchev–Trinajstić information content (AvgIpc) is 2.93. The van der Waals surface area contributed by atoms with Crippen molar-refractivity contribution < 1.29 is 28.3 Å². The number of anilines is 1. The maximum absolute atomic E-state index is 13.7. The van der Waals surface area contributed by atoms with Crippen molar-refractivity contribution in [1.82, 2.24) is 19.6 Å². The quantitative estimate of drug-likeness (QED) is 0.487. The summed E-state index contributed by atoms with van der Waals surface area (Å²) in [5.74, 6) is -2.55. The molecular formula is C30H37Cl2F2N5O4S. The first-order chi connectivity index (χ1) is 20.3. The highest BCUT2D eigenvalue weighted by Crippen LogP contribution is 2.33. The van der Waals surface area contributed by atoms with Crippen LogP contribution in [0.3, 0.4) is 0 Å². The molecular weight excluding hydrogens is 635 g/mol. The lowest BCUT2D eigenvalue weighted by Crippen LogP contribution is -2.61. The fraction of sp³-hybridized carbons (Fsp3) is 0.500. The van der Waals surface area contributed by atoms with E-state index in [0.29, 0.717) is 63.9 Å². The Hall–Kier alpha value is -2.64. The number of amides is 3. The number of likely N-dealkylation sites (tertiary alicyclic amines) is 2. The molecule has 240 valence electrons. The van der Waals surface area contributed by atoms with E-state index in [1.807, 2.05) is 0 Å². The summed E-state index contributed by atoms with van der Waals surface area (Å²) in [7, 11) is 0. The van der Waals surface area contributed by atoms with Gasteiger partial charge in [-0.15, -0.1) is 0 Å². The maximum Gasteiger partial charge on any atom is 0.258 e. The van der Waals surface area contributed by atoms with Crippen molar-refractivity contribution >= 4 is 60.1 Å². The molecule has 5 rings (SSSR count). The monoisotopic (exact) mass is 671 g/mol. The van der Waals surface area contributed by atoms with Gasteiger partial charge in [-0.3, -0.25) is 19.3 Å². The number of rotatable bonds is 6. The predicted molar refractivity (Wildman–Crippen MR) is 170 cm³/mol. The van der Waals surface area contributed by atoms with E-state index in [1.54, 1.807) is 26.8 Å². The Morgan fingerprint density at radius 1 is 0.864 bits per heavy atom. The van der Waals surface area contributed by atoms with Gasteiger partial charge in [-0.1, -0.05) is 23.2 Å². The minimum atomic E-state index is -2.03. The molecule has 0 bridgehead atoms. The molecule has 14 heteroatoms. The fourth-order valence-corrected chi connectivity index (χ4v) is 6.73. The summed E-state index contributed by atoms with van der Waals surface area (Å²) in [4.78, 5) is 45.0. The van der Waals surface area contributed by atoms with E-state index < -0.39 is 23.1 Å². The van der Waals surface area contributed by atoms with E-state index in [4.69, 9.17) is 23.2 Å². The maximum atomic E-state index is 13.7. The molecule has 0 spiro atoms. The van der Waals surface area contributed by atoms with Crippen LogP contribution < -0.4 is 5.32 Å². The third kappa shape index (κ3) is 7.25. The second-order valence-corrected chi connectivity index (χ2v) is 12.5. The van der Waals surface area contributed by atoms with Gasteiger partial charge in [-0.2, -0.15) is 13.5 Å². The molecule has 0 unspecified atom stereocenters. The van der Waals surface area contributed by atoms with Crippen LogP contribution in [-0.2, 0) is 15.2 Å². The molecule has 3 fully saturated rings. The summed E-state index contributed by atoms with van der Waals surface area (Å²) in [6.07, 6.45) is 1.42. The first kappa shape index (κ1) is 34.2. The van der Waals surface area contributed by atoms with Gasteiger partial charge in [-0.05, 0) is 49.6 Å². The van der Waals surface area contributed by atoms with E-state index in [9.17, 15) is 28.3 Å².